The maximum absolute atomic E-state index is 12.5. The van der Waals surface area contributed by atoms with Crippen LogP contribution in [0.2, 0.25) is 0 Å². The first-order valence-electron chi connectivity index (χ1n) is 8.48. The van der Waals surface area contributed by atoms with Gasteiger partial charge in [0, 0.05) is 17.7 Å². The van der Waals surface area contributed by atoms with E-state index < -0.39 is 0 Å². The van der Waals surface area contributed by atoms with Crippen LogP contribution in [-0.4, -0.2) is 36.0 Å². The zero-order valence-corrected chi connectivity index (χ0v) is 15.0. The van der Waals surface area contributed by atoms with Crippen molar-refractivity contribution in [2.75, 3.05) is 20.2 Å². The van der Waals surface area contributed by atoms with Crippen molar-refractivity contribution in [3.63, 3.8) is 0 Å². The van der Waals surface area contributed by atoms with Crippen LogP contribution in [0.1, 0.15) is 35.3 Å². The summed E-state index contributed by atoms with van der Waals surface area (Å²) >= 11 is 0. The molecule has 4 nitrogen and oxygen atoms in total. The summed E-state index contributed by atoms with van der Waals surface area (Å²) in [6, 6.07) is 12.3. The van der Waals surface area contributed by atoms with Gasteiger partial charge in [0.05, 0.1) is 7.11 Å². The molecular weight excluding hydrogens is 314 g/mol. The van der Waals surface area contributed by atoms with Crippen LogP contribution in [0.15, 0.2) is 48.5 Å². The number of ketones is 1. The second kappa shape index (κ2) is 9.04. The third-order valence-corrected chi connectivity index (χ3v) is 4.17. The Morgan fingerprint density at radius 1 is 1.12 bits per heavy atom. The van der Waals surface area contributed by atoms with Crippen molar-refractivity contribution in [1.82, 2.24) is 4.90 Å². The fourth-order valence-corrected chi connectivity index (χ4v) is 2.60. The number of carbonyl (C=O) groups excluding carboxylic acids is 1. The van der Waals surface area contributed by atoms with Crippen molar-refractivity contribution in [1.29, 1.82) is 0 Å². The van der Waals surface area contributed by atoms with Gasteiger partial charge in [0.2, 0.25) is 0 Å². The monoisotopic (exact) mass is 339 g/mol. The summed E-state index contributed by atoms with van der Waals surface area (Å²) < 4.78 is 5.43. The lowest BCUT2D eigenvalue weighted by Crippen LogP contribution is -2.22. The first kappa shape index (κ1) is 18.7. The number of allylic oxidation sites excluding steroid dienone is 1. The van der Waals surface area contributed by atoms with Gasteiger partial charge in [0.1, 0.15) is 11.5 Å². The number of benzene rings is 2. The number of methoxy groups -OCH3 is 1. The Kier molecular flexibility index (Phi) is 6.78. The second-order valence-corrected chi connectivity index (χ2v) is 5.78. The van der Waals surface area contributed by atoms with E-state index in [1.54, 1.807) is 49.6 Å². The summed E-state index contributed by atoms with van der Waals surface area (Å²) in [5.74, 6) is 0.946. The van der Waals surface area contributed by atoms with Crippen LogP contribution in [0, 0.1) is 0 Å². The Balaban J connectivity index is 2.20. The quantitative estimate of drug-likeness (QED) is 0.580. The molecular formula is C21H25NO3. The van der Waals surface area contributed by atoms with Gasteiger partial charge in [-0.1, -0.05) is 32.1 Å². The van der Waals surface area contributed by atoms with Crippen molar-refractivity contribution in [2.24, 2.45) is 0 Å². The molecule has 132 valence electrons. The van der Waals surface area contributed by atoms with Crippen LogP contribution in [0.4, 0.5) is 0 Å². The molecule has 2 rings (SSSR count). The number of ether oxygens (including phenoxy) is 1. The van der Waals surface area contributed by atoms with Gasteiger partial charge in [-0.25, -0.2) is 0 Å². The van der Waals surface area contributed by atoms with Crippen LogP contribution in [0.25, 0.3) is 6.08 Å². The van der Waals surface area contributed by atoms with E-state index in [4.69, 9.17) is 4.74 Å². The number of phenols is 1. The molecule has 0 atom stereocenters. The lowest BCUT2D eigenvalue weighted by Gasteiger charge is -2.20. The molecule has 0 heterocycles. The average Bonchev–Trinajstić information content (AvgIpc) is 2.65. The molecule has 0 saturated carbocycles. The molecule has 0 saturated heterocycles. The van der Waals surface area contributed by atoms with E-state index in [0.717, 1.165) is 36.5 Å². The molecule has 25 heavy (non-hydrogen) atoms. The van der Waals surface area contributed by atoms with E-state index in [2.05, 4.69) is 18.7 Å². The Hall–Kier alpha value is -2.59. The molecule has 0 bridgehead atoms. The van der Waals surface area contributed by atoms with E-state index in [-0.39, 0.29) is 11.5 Å². The number of aromatic hydroxyl groups is 1. The molecule has 0 aromatic heterocycles. The van der Waals surface area contributed by atoms with Crippen molar-refractivity contribution >= 4 is 11.9 Å². The fraction of sp³-hybridized carbons (Fsp3) is 0.286. The minimum Gasteiger partial charge on any atom is -0.508 e. The van der Waals surface area contributed by atoms with Gasteiger partial charge in [0.25, 0.3) is 0 Å². The predicted molar refractivity (Wildman–Crippen MR) is 101 cm³/mol. The van der Waals surface area contributed by atoms with E-state index in [9.17, 15) is 9.90 Å². The van der Waals surface area contributed by atoms with Gasteiger partial charge >= 0.3 is 0 Å². The zero-order valence-electron chi connectivity index (χ0n) is 15.0. The molecule has 0 aliphatic rings. The molecule has 0 aliphatic heterocycles. The SMILES string of the molecule is CCN(CC)Cc1cc(C(=O)/C=C/c2ccc(O)cc2)ccc1OC. The summed E-state index contributed by atoms with van der Waals surface area (Å²) in [4.78, 5) is 14.7. The topological polar surface area (TPSA) is 49.8 Å². The van der Waals surface area contributed by atoms with Gasteiger partial charge in [-0.15, -0.1) is 0 Å². The van der Waals surface area contributed by atoms with Crippen molar-refractivity contribution in [3.05, 3.63) is 65.2 Å². The minimum atomic E-state index is -0.0588. The lowest BCUT2D eigenvalue weighted by atomic mass is 10.0. The molecule has 2 aromatic carbocycles. The highest BCUT2D eigenvalue weighted by Gasteiger charge is 2.11. The first-order valence-corrected chi connectivity index (χ1v) is 8.48. The highest BCUT2D eigenvalue weighted by Crippen LogP contribution is 2.22. The number of nitrogens with zero attached hydrogens (tertiary/aromatic N) is 1. The van der Waals surface area contributed by atoms with Crippen LogP contribution < -0.4 is 4.74 Å². The summed E-state index contributed by atoms with van der Waals surface area (Å²) in [5, 5.41) is 9.30. The number of carbonyl (C=O) groups is 1. The normalized spacial score (nSPS) is 11.2. The number of hydrogen-bond donors (Lipinski definition) is 1. The molecule has 2 aromatic rings. The summed E-state index contributed by atoms with van der Waals surface area (Å²) in [6.07, 6.45) is 3.30. The van der Waals surface area contributed by atoms with E-state index in [0.29, 0.717) is 5.56 Å². The van der Waals surface area contributed by atoms with Gasteiger partial charge in [-0.2, -0.15) is 0 Å². The number of rotatable bonds is 8. The molecule has 0 fully saturated rings. The summed E-state index contributed by atoms with van der Waals surface area (Å²) in [5.41, 5.74) is 2.51. The van der Waals surface area contributed by atoms with Crippen molar-refractivity contribution in [3.8, 4) is 11.5 Å². The standard InChI is InChI=1S/C21H25NO3/c1-4-22(5-2)15-18-14-17(9-13-21(18)25-3)20(24)12-8-16-6-10-19(23)11-7-16/h6-14,23H,4-5,15H2,1-3H3/b12-8+. The average molecular weight is 339 g/mol. The van der Waals surface area contributed by atoms with Crippen molar-refractivity contribution in [2.45, 2.75) is 20.4 Å². The molecule has 4 heteroatoms. The molecule has 0 spiro atoms. The molecule has 1 N–H and O–H groups in total. The van der Waals surface area contributed by atoms with E-state index in [1.165, 1.54) is 0 Å². The van der Waals surface area contributed by atoms with E-state index >= 15 is 0 Å². The van der Waals surface area contributed by atoms with Gasteiger partial charge in [-0.3, -0.25) is 9.69 Å². The number of phenolic OH excluding ortho intramolecular Hbond substituents is 1. The number of hydrogen-bond acceptors (Lipinski definition) is 4. The lowest BCUT2D eigenvalue weighted by molar-refractivity contribution is 0.104. The maximum atomic E-state index is 12.5. The molecule has 0 radical (unpaired) electrons. The highest BCUT2D eigenvalue weighted by atomic mass is 16.5. The summed E-state index contributed by atoms with van der Waals surface area (Å²) in [7, 11) is 1.65. The fourth-order valence-electron chi connectivity index (χ4n) is 2.60. The zero-order chi connectivity index (χ0) is 18.2. The smallest absolute Gasteiger partial charge is 0.185 e. The second-order valence-electron chi connectivity index (χ2n) is 5.78. The van der Waals surface area contributed by atoms with Crippen LogP contribution in [0.3, 0.4) is 0 Å². The Labute approximate surface area is 149 Å². The van der Waals surface area contributed by atoms with Gasteiger partial charge in [-0.05, 0) is 55.1 Å². The third-order valence-electron chi connectivity index (χ3n) is 4.17. The third kappa shape index (κ3) is 5.19. The first-order chi connectivity index (χ1) is 12.1. The minimum absolute atomic E-state index is 0.0588. The Morgan fingerprint density at radius 3 is 2.40 bits per heavy atom. The largest absolute Gasteiger partial charge is 0.508 e. The van der Waals surface area contributed by atoms with Gasteiger partial charge in [0.15, 0.2) is 5.78 Å². The molecule has 0 aliphatic carbocycles. The Morgan fingerprint density at radius 2 is 1.80 bits per heavy atom. The maximum Gasteiger partial charge on any atom is 0.185 e. The molecule has 0 unspecified atom stereocenters. The van der Waals surface area contributed by atoms with Crippen LogP contribution in [-0.2, 0) is 6.54 Å². The van der Waals surface area contributed by atoms with Crippen LogP contribution in [0.5, 0.6) is 11.5 Å². The van der Waals surface area contributed by atoms with Gasteiger partial charge < -0.3 is 9.84 Å². The Bertz CT molecular complexity index is 731. The van der Waals surface area contributed by atoms with Crippen LogP contribution >= 0.6 is 0 Å². The van der Waals surface area contributed by atoms with Crippen molar-refractivity contribution < 1.29 is 14.6 Å². The predicted octanol–water partition coefficient (Wildman–Crippen LogP) is 4.14. The summed E-state index contributed by atoms with van der Waals surface area (Å²) in [6.45, 7) is 6.87. The molecule has 0 amide bonds. The highest BCUT2D eigenvalue weighted by molar-refractivity contribution is 6.07. The van der Waals surface area contributed by atoms with E-state index in [1.807, 2.05) is 12.1 Å².